The normalized spacial score (nSPS) is 11.2. The van der Waals surface area contributed by atoms with Gasteiger partial charge in [0.1, 0.15) is 11.5 Å². The Kier molecular flexibility index (Phi) is 5.55. The summed E-state index contributed by atoms with van der Waals surface area (Å²) in [4.78, 5) is 29.0. The van der Waals surface area contributed by atoms with E-state index in [-0.39, 0.29) is 16.9 Å². The summed E-state index contributed by atoms with van der Waals surface area (Å²) in [6.07, 6.45) is 3.23. The predicted molar refractivity (Wildman–Crippen MR) is 114 cm³/mol. The highest BCUT2D eigenvalue weighted by Gasteiger charge is 2.20. The van der Waals surface area contributed by atoms with Crippen LogP contribution in [0.3, 0.4) is 0 Å². The molecule has 150 valence electrons. The fraction of sp³-hybridized carbons (Fsp3) is 0.261. The molecule has 0 radical (unpaired) electrons. The average molecular weight is 391 g/mol. The van der Waals surface area contributed by atoms with Crippen LogP contribution in [-0.4, -0.2) is 15.5 Å². The van der Waals surface area contributed by atoms with E-state index in [2.05, 4.69) is 31.1 Å². The number of nitrogens with one attached hydrogen (secondary N) is 1. The Bertz CT molecular complexity index is 1090. The van der Waals surface area contributed by atoms with E-state index in [1.165, 1.54) is 10.6 Å². The molecule has 0 aliphatic rings. The lowest BCUT2D eigenvalue weighted by atomic mass is 9.86. The monoisotopic (exact) mass is 391 g/mol. The lowest BCUT2D eigenvalue weighted by Crippen LogP contribution is -2.19. The van der Waals surface area contributed by atoms with E-state index in [1.54, 1.807) is 31.6 Å². The number of carbonyl (C=O) groups is 1. The van der Waals surface area contributed by atoms with Crippen LogP contribution in [0.1, 0.15) is 42.4 Å². The van der Waals surface area contributed by atoms with E-state index in [9.17, 15) is 9.59 Å². The van der Waals surface area contributed by atoms with Gasteiger partial charge < -0.3 is 14.6 Å². The molecule has 0 aliphatic heterocycles. The Morgan fingerprint density at radius 1 is 1.10 bits per heavy atom. The van der Waals surface area contributed by atoms with Gasteiger partial charge in [-0.1, -0.05) is 26.8 Å². The summed E-state index contributed by atoms with van der Waals surface area (Å²) >= 11 is 0. The molecule has 0 spiro atoms. The van der Waals surface area contributed by atoms with Crippen molar-refractivity contribution < 1.29 is 9.53 Å². The van der Waals surface area contributed by atoms with Crippen molar-refractivity contribution in [1.82, 2.24) is 9.55 Å². The van der Waals surface area contributed by atoms with Crippen molar-refractivity contribution in [2.75, 3.05) is 5.32 Å². The Morgan fingerprint density at radius 2 is 1.86 bits per heavy atom. The molecule has 3 rings (SSSR count). The van der Waals surface area contributed by atoms with Gasteiger partial charge in [0.15, 0.2) is 0 Å². The molecule has 0 unspecified atom stereocenters. The maximum atomic E-state index is 12.9. The van der Waals surface area contributed by atoms with Gasteiger partial charge in [-0.3, -0.25) is 14.6 Å². The van der Waals surface area contributed by atoms with Crippen LogP contribution in [-0.2, 0) is 12.5 Å². The number of benzene rings is 1. The van der Waals surface area contributed by atoms with E-state index in [0.717, 1.165) is 11.3 Å². The first-order chi connectivity index (χ1) is 13.6. The SMILES string of the molecule is Cc1ccc(Oc2cc(C(C)(C)C)ccc2C(=O)Nc2ccn(C)c(=O)c2)cn1. The molecular formula is C23H25N3O3. The Hall–Kier alpha value is -3.41. The molecule has 29 heavy (non-hydrogen) atoms. The van der Waals surface area contributed by atoms with Crippen molar-refractivity contribution in [3.8, 4) is 11.5 Å². The van der Waals surface area contributed by atoms with Crippen LogP contribution in [0.2, 0.25) is 0 Å². The van der Waals surface area contributed by atoms with Gasteiger partial charge in [-0.25, -0.2) is 0 Å². The standard InChI is InChI=1S/C23H25N3O3/c1-15-6-8-18(14-24-15)29-20-12-16(23(2,3)4)7-9-19(20)22(28)25-17-10-11-26(5)21(27)13-17/h6-14H,1-5H3,(H,25,28). The molecule has 0 fully saturated rings. The van der Waals surface area contributed by atoms with E-state index in [4.69, 9.17) is 4.74 Å². The molecule has 3 aromatic rings. The predicted octanol–water partition coefficient (Wildman–Crippen LogP) is 4.43. The van der Waals surface area contributed by atoms with E-state index < -0.39 is 0 Å². The van der Waals surface area contributed by atoms with Crippen molar-refractivity contribution in [2.24, 2.45) is 7.05 Å². The fourth-order valence-electron chi connectivity index (χ4n) is 2.73. The second-order valence-corrected chi connectivity index (χ2v) is 8.02. The number of pyridine rings is 2. The highest BCUT2D eigenvalue weighted by molar-refractivity contribution is 6.06. The molecule has 1 N–H and O–H groups in total. The molecule has 0 atom stereocenters. The molecule has 1 aromatic carbocycles. The zero-order valence-electron chi connectivity index (χ0n) is 17.3. The van der Waals surface area contributed by atoms with Crippen molar-refractivity contribution in [3.05, 3.63) is 82.0 Å². The first-order valence-electron chi connectivity index (χ1n) is 9.36. The lowest BCUT2D eigenvalue weighted by Gasteiger charge is -2.21. The van der Waals surface area contributed by atoms with Crippen molar-refractivity contribution >= 4 is 11.6 Å². The molecule has 6 heteroatoms. The minimum Gasteiger partial charge on any atom is -0.455 e. The summed E-state index contributed by atoms with van der Waals surface area (Å²) in [5.74, 6) is 0.627. The van der Waals surface area contributed by atoms with Crippen LogP contribution < -0.4 is 15.6 Å². The number of carbonyl (C=O) groups excluding carboxylic acids is 1. The Labute approximate surface area is 170 Å². The molecule has 2 heterocycles. The summed E-state index contributed by atoms with van der Waals surface area (Å²) in [6.45, 7) is 8.18. The van der Waals surface area contributed by atoms with Crippen LogP contribution in [0.25, 0.3) is 0 Å². The third-order valence-corrected chi connectivity index (χ3v) is 4.57. The van der Waals surface area contributed by atoms with Crippen LogP contribution in [0.15, 0.2) is 59.7 Å². The van der Waals surface area contributed by atoms with Gasteiger partial charge in [0.05, 0.1) is 11.8 Å². The second kappa shape index (κ2) is 7.91. The summed E-state index contributed by atoms with van der Waals surface area (Å²) in [6, 6.07) is 12.3. The fourth-order valence-corrected chi connectivity index (χ4v) is 2.73. The van der Waals surface area contributed by atoms with Gasteiger partial charge in [0, 0.05) is 30.7 Å². The number of nitrogens with zero attached hydrogens (tertiary/aromatic N) is 2. The third-order valence-electron chi connectivity index (χ3n) is 4.57. The minimum atomic E-state index is -0.353. The largest absolute Gasteiger partial charge is 0.455 e. The van der Waals surface area contributed by atoms with Gasteiger partial charge in [0.25, 0.3) is 11.5 Å². The van der Waals surface area contributed by atoms with Gasteiger partial charge >= 0.3 is 0 Å². The maximum absolute atomic E-state index is 12.9. The topological polar surface area (TPSA) is 73.2 Å². The van der Waals surface area contributed by atoms with Gasteiger partial charge in [-0.2, -0.15) is 0 Å². The van der Waals surface area contributed by atoms with E-state index in [0.29, 0.717) is 22.7 Å². The third kappa shape index (κ3) is 4.90. The Morgan fingerprint density at radius 3 is 2.48 bits per heavy atom. The van der Waals surface area contributed by atoms with Crippen molar-refractivity contribution in [1.29, 1.82) is 0 Å². The van der Waals surface area contributed by atoms with Crippen LogP contribution >= 0.6 is 0 Å². The van der Waals surface area contributed by atoms with Gasteiger partial charge in [0.2, 0.25) is 0 Å². The summed E-state index contributed by atoms with van der Waals surface area (Å²) < 4.78 is 7.45. The molecule has 0 saturated heterocycles. The van der Waals surface area contributed by atoms with Crippen LogP contribution in [0.5, 0.6) is 11.5 Å². The quantitative estimate of drug-likeness (QED) is 0.714. The van der Waals surface area contributed by atoms with E-state index >= 15 is 0 Å². The minimum absolute atomic E-state index is 0.107. The molecule has 6 nitrogen and oxygen atoms in total. The highest BCUT2D eigenvalue weighted by Crippen LogP contribution is 2.32. The first-order valence-corrected chi connectivity index (χ1v) is 9.36. The van der Waals surface area contributed by atoms with Crippen LogP contribution in [0, 0.1) is 6.92 Å². The van der Waals surface area contributed by atoms with Gasteiger partial charge in [-0.05, 0) is 48.2 Å². The Balaban J connectivity index is 1.97. The molecule has 0 aliphatic carbocycles. The van der Waals surface area contributed by atoms with Crippen LogP contribution in [0.4, 0.5) is 5.69 Å². The highest BCUT2D eigenvalue weighted by atomic mass is 16.5. The van der Waals surface area contributed by atoms with Crippen molar-refractivity contribution in [3.63, 3.8) is 0 Å². The average Bonchev–Trinajstić information content (AvgIpc) is 2.66. The summed E-state index contributed by atoms with van der Waals surface area (Å²) in [5.41, 5.74) is 2.42. The number of amides is 1. The smallest absolute Gasteiger partial charge is 0.259 e. The number of hydrogen-bond donors (Lipinski definition) is 1. The van der Waals surface area contributed by atoms with Crippen molar-refractivity contribution in [2.45, 2.75) is 33.1 Å². The van der Waals surface area contributed by atoms with Gasteiger partial charge in [-0.15, -0.1) is 0 Å². The lowest BCUT2D eigenvalue weighted by molar-refractivity contribution is 0.102. The maximum Gasteiger partial charge on any atom is 0.259 e. The summed E-state index contributed by atoms with van der Waals surface area (Å²) in [7, 11) is 1.65. The first kappa shape index (κ1) is 20.3. The van der Waals surface area contributed by atoms with E-state index in [1.807, 2.05) is 31.2 Å². The second-order valence-electron chi connectivity index (χ2n) is 8.02. The number of aromatic nitrogens is 2. The summed E-state index contributed by atoms with van der Waals surface area (Å²) in [5, 5.41) is 2.77. The number of aryl methyl sites for hydroxylation is 2. The molecule has 1 amide bonds. The number of anilines is 1. The number of rotatable bonds is 4. The molecule has 0 saturated carbocycles. The molecule has 2 aromatic heterocycles. The number of hydrogen-bond acceptors (Lipinski definition) is 4. The molecular weight excluding hydrogens is 366 g/mol. The zero-order chi connectivity index (χ0) is 21.2. The number of ether oxygens (including phenoxy) is 1. The zero-order valence-corrected chi connectivity index (χ0v) is 17.3. The molecule has 0 bridgehead atoms.